The van der Waals surface area contributed by atoms with Crippen molar-refractivity contribution >= 4 is 15.9 Å². The lowest BCUT2D eigenvalue weighted by molar-refractivity contribution is 0.202. The van der Waals surface area contributed by atoms with Gasteiger partial charge < -0.3 is 5.11 Å². The molecule has 2 aromatic rings. The number of aliphatic hydroxyl groups is 1. The van der Waals surface area contributed by atoms with E-state index in [1.165, 1.54) is 0 Å². The fraction of sp³-hybridized carbons (Fsp3) is 0.462. The molecule has 0 aromatic carbocycles. The van der Waals surface area contributed by atoms with E-state index in [1.807, 2.05) is 38.4 Å². The maximum atomic E-state index is 10.6. The Hall–Kier alpha value is -1.27. The van der Waals surface area contributed by atoms with Crippen LogP contribution in [0.25, 0.3) is 0 Å². The van der Waals surface area contributed by atoms with Crippen molar-refractivity contribution in [2.75, 3.05) is 0 Å². The van der Waals surface area contributed by atoms with Crippen LogP contribution in [0.4, 0.5) is 0 Å². The second kappa shape index (κ2) is 5.38. The van der Waals surface area contributed by atoms with E-state index < -0.39 is 6.10 Å². The molecule has 0 spiro atoms. The number of rotatable bonds is 3. The lowest BCUT2D eigenvalue weighted by Gasteiger charge is -2.18. The minimum absolute atomic E-state index is 0.173. The fourth-order valence-electron chi connectivity index (χ4n) is 2.01. The van der Waals surface area contributed by atoms with E-state index in [-0.39, 0.29) is 6.04 Å². The van der Waals surface area contributed by atoms with Gasteiger partial charge in [0.25, 0.3) is 0 Å². The van der Waals surface area contributed by atoms with Gasteiger partial charge in [-0.2, -0.15) is 15.3 Å². The quantitative estimate of drug-likeness (QED) is 0.942. The Kier molecular flexibility index (Phi) is 4.01. The molecular weight excluding hydrogens is 308 g/mol. The number of hydrogen-bond donors (Lipinski definition) is 1. The van der Waals surface area contributed by atoms with E-state index in [1.54, 1.807) is 6.20 Å². The molecule has 0 aliphatic heterocycles. The minimum atomic E-state index is -0.770. The van der Waals surface area contributed by atoms with Gasteiger partial charge in [0, 0.05) is 11.6 Å². The molecule has 0 radical (unpaired) electrons. The van der Waals surface area contributed by atoms with Gasteiger partial charge in [-0.15, -0.1) is 0 Å². The van der Waals surface area contributed by atoms with Crippen LogP contribution in [0.1, 0.15) is 48.6 Å². The van der Waals surface area contributed by atoms with Crippen LogP contribution in [0, 0.1) is 13.8 Å². The number of aliphatic hydroxyl groups excluding tert-OH is 1. The van der Waals surface area contributed by atoms with E-state index in [2.05, 4.69) is 31.2 Å². The highest BCUT2D eigenvalue weighted by Crippen LogP contribution is 2.31. The molecule has 2 aromatic heterocycles. The Bertz CT molecular complexity index is 594. The molecule has 0 bridgehead atoms. The molecule has 0 aliphatic rings. The van der Waals surface area contributed by atoms with Crippen LogP contribution in [-0.4, -0.2) is 25.1 Å². The number of halogens is 1. The topological polar surface area (TPSA) is 63.8 Å². The zero-order valence-electron chi connectivity index (χ0n) is 11.4. The predicted octanol–water partition coefficient (Wildman–Crippen LogP) is 2.72. The maximum absolute atomic E-state index is 10.6. The first-order chi connectivity index (χ1) is 8.91. The summed E-state index contributed by atoms with van der Waals surface area (Å²) in [4.78, 5) is 0. The van der Waals surface area contributed by atoms with Crippen LogP contribution in [0.2, 0.25) is 0 Å². The largest absolute Gasteiger partial charge is 0.382 e. The SMILES string of the molecule is Cc1cc(C(O)c2c(Br)cnn2C(C)C)c(C)nn1. The third kappa shape index (κ3) is 2.69. The molecule has 0 aliphatic carbocycles. The van der Waals surface area contributed by atoms with E-state index in [0.29, 0.717) is 0 Å². The first kappa shape index (κ1) is 14.1. The average Bonchev–Trinajstić information content (AvgIpc) is 2.73. The van der Waals surface area contributed by atoms with Gasteiger partial charge in [-0.3, -0.25) is 4.68 Å². The minimum Gasteiger partial charge on any atom is -0.382 e. The highest BCUT2D eigenvalue weighted by atomic mass is 79.9. The summed E-state index contributed by atoms with van der Waals surface area (Å²) < 4.78 is 2.60. The zero-order chi connectivity index (χ0) is 14.2. The molecule has 0 amide bonds. The Balaban J connectivity index is 2.52. The number of nitrogens with zero attached hydrogens (tertiary/aromatic N) is 4. The van der Waals surface area contributed by atoms with E-state index >= 15 is 0 Å². The zero-order valence-corrected chi connectivity index (χ0v) is 13.0. The molecule has 0 fully saturated rings. The van der Waals surface area contributed by atoms with Crippen LogP contribution >= 0.6 is 15.9 Å². The Labute approximate surface area is 120 Å². The van der Waals surface area contributed by atoms with Crippen LogP contribution in [0.3, 0.4) is 0 Å². The van der Waals surface area contributed by atoms with Crippen molar-refractivity contribution in [1.29, 1.82) is 0 Å². The van der Waals surface area contributed by atoms with Gasteiger partial charge in [0.15, 0.2) is 0 Å². The molecule has 1 N–H and O–H groups in total. The molecule has 19 heavy (non-hydrogen) atoms. The van der Waals surface area contributed by atoms with Gasteiger partial charge in [0.2, 0.25) is 0 Å². The average molecular weight is 325 g/mol. The monoisotopic (exact) mass is 324 g/mol. The standard InChI is InChI=1S/C13H17BrN4O/c1-7(2)18-12(11(14)6-15-18)13(19)10-5-8(3)16-17-9(10)4/h5-7,13,19H,1-4H3. The molecule has 102 valence electrons. The smallest absolute Gasteiger partial charge is 0.124 e. The van der Waals surface area contributed by atoms with Crippen molar-refractivity contribution in [1.82, 2.24) is 20.0 Å². The van der Waals surface area contributed by atoms with E-state index in [9.17, 15) is 5.11 Å². The highest BCUT2D eigenvalue weighted by molar-refractivity contribution is 9.10. The summed E-state index contributed by atoms with van der Waals surface area (Å²) in [5.41, 5.74) is 3.01. The van der Waals surface area contributed by atoms with E-state index in [0.717, 1.165) is 27.1 Å². The van der Waals surface area contributed by atoms with E-state index in [4.69, 9.17) is 0 Å². The number of hydrogen-bond acceptors (Lipinski definition) is 4. The van der Waals surface area contributed by atoms with Crippen LogP contribution in [0.15, 0.2) is 16.7 Å². The summed E-state index contributed by atoms with van der Waals surface area (Å²) >= 11 is 3.45. The van der Waals surface area contributed by atoms with Gasteiger partial charge in [-0.05, 0) is 49.7 Å². The number of aryl methyl sites for hydroxylation is 2. The Morgan fingerprint density at radius 3 is 2.58 bits per heavy atom. The molecule has 2 rings (SSSR count). The van der Waals surface area contributed by atoms with Crippen molar-refractivity contribution in [2.45, 2.75) is 39.8 Å². The van der Waals surface area contributed by atoms with Crippen LogP contribution < -0.4 is 0 Å². The molecule has 0 saturated heterocycles. The lowest BCUT2D eigenvalue weighted by atomic mass is 10.0. The fourth-order valence-corrected chi connectivity index (χ4v) is 2.50. The Morgan fingerprint density at radius 2 is 1.95 bits per heavy atom. The summed E-state index contributed by atoms with van der Waals surface area (Å²) in [6.07, 6.45) is 0.934. The van der Waals surface area contributed by atoms with Crippen molar-refractivity contribution in [2.24, 2.45) is 0 Å². The predicted molar refractivity (Wildman–Crippen MR) is 75.9 cm³/mol. The number of aromatic nitrogens is 4. The van der Waals surface area contributed by atoms with Gasteiger partial charge in [0.05, 0.1) is 27.8 Å². The molecule has 6 heteroatoms. The summed E-state index contributed by atoms with van der Waals surface area (Å²) in [5.74, 6) is 0. The highest BCUT2D eigenvalue weighted by Gasteiger charge is 2.23. The van der Waals surface area contributed by atoms with Crippen LogP contribution in [0.5, 0.6) is 0 Å². The van der Waals surface area contributed by atoms with Gasteiger partial charge in [0.1, 0.15) is 6.10 Å². The first-order valence-electron chi connectivity index (χ1n) is 6.13. The molecule has 5 nitrogen and oxygen atoms in total. The third-order valence-electron chi connectivity index (χ3n) is 2.97. The Morgan fingerprint density at radius 1 is 1.26 bits per heavy atom. The van der Waals surface area contributed by atoms with Gasteiger partial charge in [-0.25, -0.2) is 0 Å². The van der Waals surface area contributed by atoms with Crippen molar-refractivity contribution in [3.8, 4) is 0 Å². The summed E-state index contributed by atoms with van der Waals surface area (Å²) in [6.45, 7) is 7.75. The molecule has 2 heterocycles. The molecule has 1 unspecified atom stereocenters. The van der Waals surface area contributed by atoms with Gasteiger partial charge >= 0.3 is 0 Å². The molecular formula is C13H17BrN4O. The van der Waals surface area contributed by atoms with Crippen molar-refractivity contribution in [3.05, 3.63) is 39.4 Å². The van der Waals surface area contributed by atoms with Gasteiger partial charge in [-0.1, -0.05) is 0 Å². The van der Waals surface area contributed by atoms with Crippen molar-refractivity contribution < 1.29 is 5.11 Å². The molecule has 0 saturated carbocycles. The van der Waals surface area contributed by atoms with Crippen LogP contribution in [-0.2, 0) is 0 Å². The summed E-state index contributed by atoms with van der Waals surface area (Å²) in [5, 5.41) is 23.0. The normalized spacial score (nSPS) is 13.0. The lowest BCUT2D eigenvalue weighted by Crippen LogP contribution is -2.14. The van der Waals surface area contributed by atoms with Crippen molar-refractivity contribution in [3.63, 3.8) is 0 Å². The maximum Gasteiger partial charge on any atom is 0.124 e. The summed E-state index contributed by atoms with van der Waals surface area (Å²) in [7, 11) is 0. The first-order valence-corrected chi connectivity index (χ1v) is 6.93. The second-order valence-electron chi connectivity index (χ2n) is 4.85. The third-order valence-corrected chi connectivity index (χ3v) is 3.58. The second-order valence-corrected chi connectivity index (χ2v) is 5.70. The molecule has 1 atom stereocenters. The summed E-state index contributed by atoms with van der Waals surface area (Å²) in [6, 6.07) is 2.03.